The molecule has 0 saturated carbocycles. The minimum Gasteiger partial charge on any atom is -0.489 e. The zero-order valence-electron chi connectivity index (χ0n) is 16.1. The number of aliphatic hydroxyl groups excluding tert-OH is 1. The smallest absolute Gasteiger partial charge is 0.273 e. The van der Waals surface area contributed by atoms with Gasteiger partial charge in [-0.3, -0.25) is 14.3 Å². The van der Waals surface area contributed by atoms with E-state index in [4.69, 9.17) is 10.5 Å². The largest absolute Gasteiger partial charge is 0.489 e. The van der Waals surface area contributed by atoms with Gasteiger partial charge >= 0.3 is 0 Å². The lowest BCUT2D eigenvalue weighted by Gasteiger charge is -2.26. The summed E-state index contributed by atoms with van der Waals surface area (Å²) < 4.78 is 21.2. The molecule has 1 atom stereocenters. The fourth-order valence-electron chi connectivity index (χ4n) is 3.63. The van der Waals surface area contributed by atoms with Gasteiger partial charge in [0.25, 0.3) is 5.91 Å². The Balaban J connectivity index is 1.67. The SMILES string of the molecule is NC(=O)C(CO)N1CCCn2nc3ccc(OCc4ccccc4F)cc3c2C1=O. The molecule has 8 nitrogen and oxygen atoms in total. The van der Waals surface area contributed by atoms with Gasteiger partial charge in [0, 0.05) is 24.0 Å². The molecule has 3 aromatic rings. The number of aryl methyl sites for hydroxylation is 1. The third kappa shape index (κ3) is 3.59. The number of nitrogens with zero attached hydrogens (tertiary/aromatic N) is 3. The van der Waals surface area contributed by atoms with E-state index in [0.717, 1.165) is 0 Å². The molecular formula is C21H21FN4O4. The highest BCUT2D eigenvalue weighted by Gasteiger charge is 2.33. The number of fused-ring (bicyclic) bond motifs is 3. The number of rotatable bonds is 6. The van der Waals surface area contributed by atoms with E-state index in [1.165, 1.54) is 11.0 Å². The van der Waals surface area contributed by atoms with Crippen molar-refractivity contribution in [2.45, 2.75) is 25.6 Å². The van der Waals surface area contributed by atoms with Crippen LogP contribution in [0, 0.1) is 5.82 Å². The zero-order valence-corrected chi connectivity index (χ0v) is 16.1. The van der Waals surface area contributed by atoms with Crippen LogP contribution in [0.4, 0.5) is 4.39 Å². The highest BCUT2D eigenvalue weighted by atomic mass is 19.1. The van der Waals surface area contributed by atoms with Gasteiger partial charge in [-0.25, -0.2) is 4.39 Å². The maximum absolute atomic E-state index is 13.8. The molecule has 156 valence electrons. The number of carbonyl (C=O) groups is 2. The summed E-state index contributed by atoms with van der Waals surface area (Å²) >= 11 is 0. The standard InChI is InChI=1S/C21H21FN4O4/c22-16-5-2-1-4-13(16)12-30-14-6-7-17-15(10-14)19-21(29)25(18(11-27)20(23)28)8-3-9-26(19)24-17/h1-2,4-7,10,18,27H,3,8-9,11-12H2,(H2,23,28). The van der Waals surface area contributed by atoms with E-state index in [1.807, 2.05) is 0 Å². The fourth-order valence-corrected chi connectivity index (χ4v) is 3.63. The Hall–Kier alpha value is -3.46. The van der Waals surface area contributed by atoms with Gasteiger partial charge in [-0.05, 0) is 30.7 Å². The Bertz CT molecular complexity index is 1110. The molecule has 2 aromatic carbocycles. The van der Waals surface area contributed by atoms with E-state index in [0.29, 0.717) is 40.9 Å². The van der Waals surface area contributed by atoms with Gasteiger partial charge in [-0.2, -0.15) is 5.10 Å². The topological polar surface area (TPSA) is 111 Å². The van der Waals surface area contributed by atoms with Crippen LogP contribution in [-0.4, -0.2) is 50.8 Å². The van der Waals surface area contributed by atoms with Gasteiger partial charge in [0.2, 0.25) is 5.91 Å². The molecule has 2 heterocycles. The normalized spacial score (nSPS) is 15.0. The van der Waals surface area contributed by atoms with Crippen LogP contribution in [0.25, 0.3) is 10.9 Å². The molecule has 0 spiro atoms. The van der Waals surface area contributed by atoms with Crippen molar-refractivity contribution in [2.24, 2.45) is 5.73 Å². The van der Waals surface area contributed by atoms with Crippen molar-refractivity contribution >= 4 is 22.7 Å². The number of benzene rings is 2. The Kier molecular flexibility index (Phi) is 5.37. The van der Waals surface area contributed by atoms with E-state index in [2.05, 4.69) is 5.10 Å². The summed E-state index contributed by atoms with van der Waals surface area (Å²) in [6.07, 6.45) is 0.563. The number of aliphatic hydroxyl groups is 1. The van der Waals surface area contributed by atoms with Crippen LogP contribution in [0.15, 0.2) is 42.5 Å². The monoisotopic (exact) mass is 412 g/mol. The number of carbonyl (C=O) groups excluding carboxylic acids is 2. The number of amides is 2. The molecule has 3 N–H and O–H groups in total. The highest BCUT2D eigenvalue weighted by Crippen LogP contribution is 2.28. The number of nitrogens with two attached hydrogens (primary N) is 1. The predicted octanol–water partition coefficient (Wildman–Crippen LogP) is 1.45. The molecule has 0 saturated heterocycles. The summed E-state index contributed by atoms with van der Waals surface area (Å²) in [7, 11) is 0. The third-order valence-electron chi connectivity index (χ3n) is 5.17. The van der Waals surface area contributed by atoms with Gasteiger partial charge in [-0.15, -0.1) is 0 Å². The molecule has 0 fully saturated rings. The number of ether oxygens (including phenoxy) is 1. The van der Waals surface area contributed by atoms with E-state index in [9.17, 15) is 19.1 Å². The summed E-state index contributed by atoms with van der Waals surface area (Å²) in [6.45, 7) is 0.246. The molecule has 9 heteroatoms. The molecule has 2 amide bonds. The van der Waals surface area contributed by atoms with Gasteiger partial charge < -0.3 is 20.5 Å². The maximum Gasteiger partial charge on any atom is 0.273 e. The highest BCUT2D eigenvalue weighted by molar-refractivity contribution is 6.06. The molecule has 1 aliphatic rings. The van der Waals surface area contributed by atoms with Crippen LogP contribution in [0.3, 0.4) is 0 Å². The summed E-state index contributed by atoms with van der Waals surface area (Å²) in [5, 5.41) is 14.6. The second-order valence-corrected chi connectivity index (χ2v) is 7.08. The van der Waals surface area contributed by atoms with Crippen LogP contribution in [0.2, 0.25) is 0 Å². The van der Waals surface area contributed by atoms with Crippen molar-refractivity contribution in [3.63, 3.8) is 0 Å². The Morgan fingerprint density at radius 1 is 1.27 bits per heavy atom. The zero-order chi connectivity index (χ0) is 21.3. The Labute approximate surface area is 171 Å². The van der Waals surface area contributed by atoms with E-state index >= 15 is 0 Å². The van der Waals surface area contributed by atoms with Crippen LogP contribution < -0.4 is 10.5 Å². The first-order valence-electron chi connectivity index (χ1n) is 9.57. The Morgan fingerprint density at radius 3 is 2.80 bits per heavy atom. The second kappa shape index (κ2) is 8.11. The van der Waals surface area contributed by atoms with Gasteiger partial charge in [0.1, 0.15) is 29.9 Å². The van der Waals surface area contributed by atoms with Gasteiger partial charge in [0.05, 0.1) is 12.1 Å². The van der Waals surface area contributed by atoms with Crippen molar-refractivity contribution < 1.29 is 23.8 Å². The molecule has 0 radical (unpaired) electrons. The summed E-state index contributed by atoms with van der Waals surface area (Å²) in [5.41, 5.74) is 6.68. The molecular weight excluding hydrogens is 391 g/mol. The lowest BCUT2D eigenvalue weighted by atomic mass is 10.1. The number of primary amides is 1. The van der Waals surface area contributed by atoms with Crippen molar-refractivity contribution in [1.82, 2.24) is 14.7 Å². The number of hydrogen-bond donors (Lipinski definition) is 2. The van der Waals surface area contributed by atoms with Crippen molar-refractivity contribution in [3.05, 3.63) is 59.5 Å². The van der Waals surface area contributed by atoms with Crippen LogP contribution in [0.1, 0.15) is 22.5 Å². The van der Waals surface area contributed by atoms with E-state index in [-0.39, 0.29) is 19.0 Å². The number of hydrogen-bond acceptors (Lipinski definition) is 5. The van der Waals surface area contributed by atoms with Crippen LogP contribution >= 0.6 is 0 Å². The van der Waals surface area contributed by atoms with Gasteiger partial charge in [-0.1, -0.05) is 18.2 Å². The second-order valence-electron chi connectivity index (χ2n) is 7.08. The van der Waals surface area contributed by atoms with E-state index < -0.39 is 24.5 Å². The number of halogens is 1. The lowest BCUT2D eigenvalue weighted by Crippen LogP contribution is -2.50. The van der Waals surface area contributed by atoms with Crippen molar-refractivity contribution in [1.29, 1.82) is 0 Å². The molecule has 1 aromatic heterocycles. The summed E-state index contributed by atoms with van der Waals surface area (Å²) in [6, 6.07) is 10.3. The molecule has 0 aliphatic carbocycles. The van der Waals surface area contributed by atoms with Crippen molar-refractivity contribution in [2.75, 3.05) is 13.2 Å². The molecule has 1 unspecified atom stereocenters. The average Bonchev–Trinajstić information content (AvgIpc) is 3.01. The molecule has 1 aliphatic heterocycles. The minimum atomic E-state index is -1.10. The lowest BCUT2D eigenvalue weighted by molar-refractivity contribution is -0.123. The first-order valence-corrected chi connectivity index (χ1v) is 9.57. The number of aromatic nitrogens is 2. The molecule has 4 rings (SSSR count). The fraction of sp³-hybridized carbons (Fsp3) is 0.286. The minimum absolute atomic E-state index is 0.0377. The third-order valence-corrected chi connectivity index (χ3v) is 5.17. The predicted molar refractivity (Wildman–Crippen MR) is 106 cm³/mol. The first-order chi connectivity index (χ1) is 14.5. The van der Waals surface area contributed by atoms with Crippen LogP contribution in [0.5, 0.6) is 5.75 Å². The van der Waals surface area contributed by atoms with Crippen molar-refractivity contribution in [3.8, 4) is 5.75 Å². The molecule has 0 bridgehead atoms. The quantitative estimate of drug-likeness (QED) is 0.637. The first kappa shape index (κ1) is 19.8. The summed E-state index contributed by atoms with van der Waals surface area (Å²) in [4.78, 5) is 26.2. The molecule has 30 heavy (non-hydrogen) atoms. The maximum atomic E-state index is 13.8. The van der Waals surface area contributed by atoms with E-state index in [1.54, 1.807) is 41.1 Å². The van der Waals surface area contributed by atoms with Gasteiger partial charge in [0.15, 0.2) is 0 Å². The Morgan fingerprint density at radius 2 is 2.07 bits per heavy atom. The average molecular weight is 412 g/mol. The summed E-state index contributed by atoms with van der Waals surface area (Å²) in [5.74, 6) is -1.10. The van der Waals surface area contributed by atoms with Crippen LogP contribution in [-0.2, 0) is 17.9 Å².